The van der Waals surface area contributed by atoms with Crippen LogP contribution in [0.3, 0.4) is 0 Å². The summed E-state index contributed by atoms with van der Waals surface area (Å²) in [7, 11) is 2.19. The standard InChI is InChI=1S/C23H37N3O3/c1-24-16-19-22(6-7-23(19,17-24)21(28)26-10-2-3-11-26)8-12-25(13-9-22)20(27)18-4-14-29-15-5-18/h18-19H,2-17H2,1H3/t19-,23+/m0/s1. The maximum atomic E-state index is 13.6. The zero-order valence-corrected chi connectivity index (χ0v) is 18.0. The van der Waals surface area contributed by atoms with Crippen molar-refractivity contribution in [1.29, 1.82) is 0 Å². The van der Waals surface area contributed by atoms with Crippen molar-refractivity contribution >= 4 is 11.8 Å². The van der Waals surface area contributed by atoms with Crippen LogP contribution in [0, 0.1) is 22.7 Å². The summed E-state index contributed by atoms with van der Waals surface area (Å²) in [6.45, 7) is 7.10. The summed E-state index contributed by atoms with van der Waals surface area (Å²) in [6, 6.07) is 0. The van der Waals surface area contributed by atoms with E-state index in [1.807, 2.05) is 0 Å². The molecule has 0 radical (unpaired) electrons. The van der Waals surface area contributed by atoms with Gasteiger partial charge in [0.25, 0.3) is 0 Å². The van der Waals surface area contributed by atoms with Gasteiger partial charge in [-0.1, -0.05) is 0 Å². The fraction of sp³-hybridized carbons (Fsp3) is 0.913. The molecule has 162 valence electrons. The Morgan fingerprint density at radius 2 is 1.59 bits per heavy atom. The lowest BCUT2D eigenvalue weighted by Gasteiger charge is -2.45. The highest BCUT2D eigenvalue weighted by molar-refractivity contribution is 5.85. The maximum absolute atomic E-state index is 13.6. The molecule has 2 atom stereocenters. The molecule has 0 unspecified atom stereocenters. The van der Waals surface area contributed by atoms with Crippen molar-refractivity contribution in [3.63, 3.8) is 0 Å². The maximum Gasteiger partial charge on any atom is 0.230 e. The topological polar surface area (TPSA) is 53.1 Å². The molecular weight excluding hydrogens is 366 g/mol. The molecule has 2 amide bonds. The van der Waals surface area contributed by atoms with Crippen LogP contribution in [0.25, 0.3) is 0 Å². The molecule has 29 heavy (non-hydrogen) atoms. The average Bonchev–Trinajstić information content (AvgIpc) is 3.46. The fourth-order valence-electron chi connectivity index (χ4n) is 7.35. The smallest absolute Gasteiger partial charge is 0.230 e. The van der Waals surface area contributed by atoms with Crippen molar-refractivity contribution in [1.82, 2.24) is 14.7 Å². The van der Waals surface area contributed by atoms with E-state index in [0.29, 0.717) is 17.7 Å². The zero-order chi connectivity index (χ0) is 20.1. The van der Waals surface area contributed by atoms with Gasteiger partial charge in [-0.3, -0.25) is 9.59 Å². The Labute approximate surface area is 174 Å². The predicted molar refractivity (Wildman–Crippen MR) is 110 cm³/mol. The number of carbonyl (C=O) groups excluding carboxylic acids is 2. The van der Waals surface area contributed by atoms with E-state index >= 15 is 0 Å². The Hall–Kier alpha value is -1.14. The van der Waals surface area contributed by atoms with Crippen LogP contribution in [-0.4, -0.2) is 86.0 Å². The highest BCUT2D eigenvalue weighted by Gasteiger charge is 2.64. The van der Waals surface area contributed by atoms with Gasteiger partial charge in [0.2, 0.25) is 11.8 Å². The van der Waals surface area contributed by atoms with Crippen LogP contribution in [-0.2, 0) is 14.3 Å². The molecule has 0 aromatic carbocycles. The number of carbonyl (C=O) groups is 2. The summed E-state index contributed by atoms with van der Waals surface area (Å²) in [4.78, 5) is 33.3. The number of amides is 2. The molecule has 1 aliphatic carbocycles. The number of fused-ring (bicyclic) bond motifs is 2. The van der Waals surface area contributed by atoms with Crippen LogP contribution in [0.4, 0.5) is 0 Å². The molecule has 0 bridgehead atoms. The Morgan fingerprint density at radius 3 is 2.28 bits per heavy atom. The van der Waals surface area contributed by atoms with Gasteiger partial charge in [-0.05, 0) is 69.7 Å². The molecule has 5 fully saturated rings. The van der Waals surface area contributed by atoms with E-state index in [0.717, 1.165) is 97.4 Å². The van der Waals surface area contributed by atoms with E-state index in [9.17, 15) is 9.59 Å². The second-order valence-corrected chi connectivity index (χ2v) is 10.5. The van der Waals surface area contributed by atoms with Crippen molar-refractivity contribution in [2.24, 2.45) is 22.7 Å². The van der Waals surface area contributed by atoms with Crippen molar-refractivity contribution in [2.45, 2.75) is 51.4 Å². The third kappa shape index (κ3) is 3.21. The second-order valence-electron chi connectivity index (χ2n) is 10.5. The van der Waals surface area contributed by atoms with Gasteiger partial charge in [0.05, 0.1) is 5.41 Å². The van der Waals surface area contributed by atoms with Crippen molar-refractivity contribution < 1.29 is 14.3 Å². The van der Waals surface area contributed by atoms with E-state index in [2.05, 4.69) is 21.7 Å². The molecule has 6 nitrogen and oxygen atoms in total. The van der Waals surface area contributed by atoms with Crippen molar-refractivity contribution in [3.05, 3.63) is 0 Å². The summed E-state index contributed by atoms with van der Waals surface area (Å²) in [5, 5.41) is 0. The van der Waals surface area contributed by atoms with E-state index in [1.54, 1.807) is 0 Å². The van der Waals surface area contributed by atoms with Crippen LogP contribution in [0.15, 0.2) is 0 Å². The Balaban J connectivity index is 1.29. The van der Waals surface area contributed by atoms with Crippen LogP contribution in [0.2, 0.25) is 0 Å². The molecule has 6 heteroatoms. The molecule has 0 aromatic rings. The number of rotatable bonds is 2. The lowest BCUT2D eigenvalue weighted by molar-refractivity contribution is -0.145. The highest BCUT2D eigenvalue weighted by Crippen LogP contribution is 2.62. The zero-order valence-electron chi connectivity index (χ0n) is 18.0. The van der Waals surface area contributed by atoms with E-state index in [1.165, 1.54) is 6.42 Å². The number of ether oxygens (including phenoxy) is 1. The third-order valence-electron chi connectivity index (χ3n) is 8.98. The van der Waals surface area contributed by atoms with Crippen LogP contribution < -0.4 is 0 Å². The quantitative estimate of drug-likeness (QED) is 0.708. The summed E-state index contributed by atoms with van der Waals surface area (Å²) in [6.07, 6.45) is 8.46. The summed E-state index contributed by atoms with van der Waals surface area (Å²) in [5.74, 6) is 1.43. The summed E-state index contributed by atoms with van der Waals surface area (Å²) >= 11 is 0. The first-order valence-corrected chi connectivity index (χ1v) is 11.9. The van der Waals surface area contributed by atoms with Gasteiger partial charge in [-0.25, -0.2) is 0 Å². The van der Waals surface area contributed by atoms with Crippen molar-refractivity contribution in [2.75, 3.05) is 59.5 Å². The third-order valence-corrected chi connectivity index (χ3v) is 8.98. The molecular formula is C23H37N3O3. The lowest BCUT2D eigenvalue weighted by Crippen LogP contribution is -2.51. The van der Waals surface area contributed by atoms with Gasteiger partial charge < -0.3 is 19.4 Å². The summed E-state index contributed by atoms with van der Waals surface area (Å²) < 4.78 is 5.44. The largest absolute Gasteiger partial charge is 0.381 e. The molecule has 4 aliphatic heterocycles. The SMILES string of the molecule is CN1C[C@H]2C3(CCN(C(=O)C4CCOCC4)CC3)CC[C@@]2(C(=O)N2CCCC2)C1. The molecule has 0 N–H and O–H groups in total. The molecule has 4 heterocycles. The molecule has 0 aromatic heterocycles. The minimum atomic E-state index is -0.161. The molecule has 5 aliphatic rings. The molecule has 5 rings (SSSR count). The minimum Gasteiger partial charge on any atom is -0.381 e. The molecule has 1 saturated carbocycles. The van der Waals surface area contributed by atoms with E-state index in [4.69, 9.17) is 4.74 Å². The minimum absolute atomic E-state index is 0.161. The Morgan fingerprint density at radius 1 is 0.897 bits per heavy atom. The monoisotopic (exact) mass is 403 g/mol. The number of hydrogen-bond donors (Lipinski definition) is 0. The first-order valence-electron chi connectivity index (χ1n) is 11.9. The highest BCUT2D eigenvalue weighted by atomic mass is 16.5. The van der Waals surface area contributed by atoms with Gasteiger partial charge in [-0.2, -0.15) is 0 Å². The molecule has 4 saturated heterocycles. The van der Waals surface area contributed by atoms with Gasteiger partial charge >= 0.3 is 0 Å². The number of likely N-dealkylation sites (tertiary alicyclic amines) is 3. The first kappa shape index (κ1) is 19.8. The van der Waals surface area contributed by atoms with Gasteiger partial charge in [0.15, 0.2) is 0 Å². The Bertz CT molecular complexity index is 648. The molecule has 1 spiro atoms. The van der Waals surface area contributed by atoms with Crippen LogP contribution in [0.1, 0.15) is 51.4 Å². The van der Waals surface area contributed by atoms with Crippen molar-refractivity contribution in [3.8, 4) is 0 Å². The second kappa shape index (κ2) is 7.52. The number of piperidine rings is 1. The van der Waals surface area contributed by atoms with Crippen LogP contribution in [0.5, 0.6) is 0 Å². The predicted octanol–water partition coefficient (Wildman–Crippen LogP) is 1.99. The van der Waals surface area contributed by atoms with E-state index < -0.39 is 0 Å². The van der Waals surface area contributed by atoms with Crippen LogP contribution >= 0.6 is 0 Å². The number of hydrogen-bond acceptors (Lipinski definition) is 4. The number of nitrogens with zero attached hydrogens (tertiary/aromatic N) is 3. The van der Waals surface area contributed by atoms with Gasteiger partial charge in [-0.15, -0.1) is 0 Å². The normalized spacial score (nSPS) is 35.4. The van der Waals surface area contributed by atoms with Gasteiger partial charge in [0, 0.05) is 58.4 Å². The average molecular weight is 404 g/mol. The summed E-state index contributed by atoms with van der Waals surface area (Å²) in [5.41, 5.74) is 0.0958. The Kier molecular flexibility index (Phi) is 5.14. The van der Waals surface area contributed by atoms with Gasteiger partial charge in [0.1, 0.15) is 0 Å². The lowest BCUT2D eigenvalue weighted by atomic mass is 9.65. The van der Waals surface area contributed by atoms with E-state index in [-0.39, 0.29) is 16.7 Å². The fourth-order valence-corrected chi connectivity index (χ4v) is 7.35. The first-order chi connectivity index (χ1) is 14.0.